The van der Waals surface area contributed by atoms with Crippen LogP contribution in [0.2, 0.25) is 0 Å². The van der Waals surface area contributed by atoms with Crippen LogP contribution in [0.15, 0.2) is 73.2 Å². The van der Waals surface area contributed by atoms with Crippen molar-refractivity contribution >= 4 is 45.8 Å². The molecule has 0 saturated heterocycles. The number of alkyl halides is 3. The number of anilines is 5. The van der Waals surface area contributed by atoms with Crippen molar-refractivity contribution in [3.8, 4) is 0 Å². The fraction of sp³-hybridized carbons (Fsp3) is 0.115. The van der Waals surface area contributed by atoms with Gasteiger partial charge in [0.05, 0.1) is 22.8 Å². The summed E-state index contributed by atoms with van der Waals surface area (Å²) < 4.78 is 40.7. The van der Waals surface area contributed by atoms with Crippen molar-refractivity contribution < 1.29 is 18.0 Å². The first-order valence-corrected chi connectivity index (χ1v) is 11.4. The maximum absolute atomic E-state index is 13.0. The van der Waals surface area contributed by atoms with Crippen molar-refractivity contribution in [1.82, 2.24) is 24.7 Å². The number of rotatable bonds is 6. The van der Waals surface area contributed by atoms with Gasteiger partial charge in [0.25, 0.3) is 5.91 Å². The van der Waals surface area contributed by atoms with Crippen LogP contribution >= 0.6 is 0 Å². The topological polar surface area (TPSA) is 110 Å². The molecule has 0 saturated carbocycles. The molecule has 0 atom stereocenters. The lowest BCUT2D eigenvalue weighted by atomic mass is 10.1. The van der Waals surface area contributed by atoms with Gasteiger partial charge in [-0.05, 0) is 55.0 Å². The summed E-state index contributed by atoms with van der Waals surface area (Å²) in [7, 11) is 1.76. The van der Waals surface area contributed by atoms with Crippen LogP contribution in [0.5, 0.6) is 0 Å². The first-order valence-electron chi connectivity index (χ1n) is 11.4. The highest BCUT2D eigenvalue weighted by molar-refractivity contribution is 6.04. The lowest BCUT2D eigenvalue weighted by Crippen LogP contribution is -2.14. The fourth-order valence-electron chi connectivity index (χ4n) is 3.76. The van der Waals surface area contributed by atoms with Gasteiger partial charge in [-0.3, -0.25) is 9.78 Å². The van der Waals surface area contributed by atoms with Crippen LogP contribution in [-0.4, -0.2) is 30.6 Å². The van der Waals surface area contributed by atoms with E-state index in [9.17, 15) is 18.0 Å². The first kappa shape index (κ1) is 24.7. The standard InChI is InChI=1S/C26H21F3N8O/c1-15-8-9-18(32-24(38)16-5-3-6-17(11-16)26(27,28)29)12-21(15)34-22-20-14-31-25(35-23(20)37(2)36-22)33-19-7-4-10-30-13-19/h3-14H,1-2H3,(H,32,38)(H,34,36)(H,31,33,35). The lowest BCUT2D eigenvalue weighted by molar-refractivity contribution is -0.137. The Bertz CT molecular complexity index is 1630. The summed E-state index contributed by atoms with van der Waals surface area (Å²) in [5, 5.41) is 14.2. The Morgan fingerprint density at radius 2 is 1.82 bits per heavy atom. The average molecular weight is 519 g/mol. The van der Waals surface area contributed by atoms with Crippen molar-refractivity contribution in [1.29, 1.82) is 0 Å². The Morgan fingerprint density at radius 1 is 0.974 bits per heavy atom. The Labute approximate surface area is 214 Å². The number of nitrogens with one attached hydrogen (secondary N) is 3. The van der Waals surface area contributed by atoms with Crippen LogP contribution in [0.25, 0.3) is 11.0 Å². The van der Waals surface area contributed by atoms with Gasteiger partial charge in [-0.15, -0.1) is 0 Å². The predicted molar refractivity (Wildman–Crippen MR) is 138 cm³/mol. The fourth-order valence-corrected chi connectivity index (χ4v) is 3.76. The number of hydrogen-bond acceptors (Lipinski definition) is 7. The summed E-state index contributed by atoms with van der Waals surface area (Å²) in [6.45, 7) is 1.87. The molecular weight excluding hydrogens is 497 g/mol. The zero-order valence-corrected chi connectivity index (χ0v) is 20.2. The lowest BCUT2D eigenvalue weighted by Gasteiger charge is -2.12. The number of pyridine rings is 1. The summed E-state index contributed by atoms with van der Waals surface area (Å²) in [6.07, 6.45) is 0.431. The van der Waals surface area contributed by atoms with Gasteiger partial charge < -0.3 is 16.0 Å². The number of nitrogens with zero attached hydrogens (tertiary/aromatic N) is 5. The highest BCUT2D eigenvalue weighted by Gasteiger charge is 2.31. The Morgan fingerprint density at radius 3 is 2.58 bits per heavy atom. The largest absolute Gasteiger partial charge is 0.416 e. The van der Waals surface area contributed by atoms with Gasteiger partial charge in [-0.25, -0.2) is 9.67 Å². The highest BCUT2D eigenvalue weighted by atomic mass is 19.4. The number of carbonyl (C=O) groups excluding carboxylic acids is 1. The van der Waals surface area contributed by atoms with Crippen LogP contribution in [0, 0.1) is 6.92 Å². The summed E-state index contributed by atoms with van der Waals surface area (Å²) in [5.41, 5.74) is 2.24. The van der Waals surface area contributed by atoms with E-state index in [1.165, 1.54) is 12.1 Å². The average Bonchev–Trinajstić information content (AvgIpc) is 3.20. The quantitative estimate of drug-likeness (QED) is 0.260. The molecule has 5 rings (SSSR count). The van der Waals surface area contributed by atoms with E-state index in [2.05, 4.69) is 36.0 Å². The number of aromatic nitrogens is 5. The molecule has 12 heteroatoms. The van der Waals surface area contributed by atoms with Crippen LogP contribution in [0.4, 0.5) is 42.0 Å². The second-order valence-electron chi connectivity index (χ2n) is 8.46. The molecule has 0 radical (unpaired) electrons. The second-order valence-corrected chi connectivity index (χ2v) is 8.46. The van der Waals surface area contributed by atoms with Gasteiger partial charge in [0, 0.05) is 36.4 Å². The molecule has 0 aliphatic rings. The normalized spacial score (nSPS) is 11.4. The maximum atomic E-state index is 13.0. The molecule has 2 aromatic carbocycles. The zero-order valence-electron chi connectivity index (χ0n) is 20.2. The smallest absolute Gasteiger partial charge is 0.338 e. The molecule has 3 N–H and O–H groups in total. The van der Waals surface area contributed by atoms with E-state index < -0.39 is 17.6 Å². The molecule has 0 bridgehead atoms. The molecule has 1 amide bonds. The zero-order chi connectivity index (χ0) is 26.9. The molecule has 0 unspecified atom stereocenters. The van der Waals surface area contributed by atoms with E-state index in [4.69, 9.17) is 0 Å². The van der Waals surface area contributed by atoms with E-state index in [-0.39, 0.29) is 5.56 Å². The number of carbonyl (C=O) groups is 1. The maximum Gasteiger partial charge on any atom is 0.416 e. The molecule has 0 aliphatic heterocycles. The van der Waals surface area contributed by atoms with E-state index in [0.29, 0.717) is 34.2 Å². The van der Waals surface area contributed by atoms with Crippen LogP contribution < -0.4 is 16.0 Å². The molecule has 3 heterocycles. The first-order chi connectivity index (χ1) is 18.2. The predicted octanol–water partition coefficient (Wildman–Crippen LogP) is 5.83. The third-order valence-electron chi connectivity index (χ3n) is 5.70. The van der Waals surface area contributed by atoms with E-state index in [1.54, 1.807) is 54.6 Å². The van der Waals surface area contributed by atoms with Gasteiger partial charge in [0.1, 0.15) is 0 Å². The molecular formula is C26H21F3N8O. The number of halogens is 3. The van der Waals surface area contributed by atoms with Crippen LogP contribution in [0.3, 0.4) is 0 Å². The van der Waals surface area contributed by atoms with E-state index in [0.717, 1.165) is 23.4 Å². The van der Waals surface area contributed by atoms with Crippen molar-refractivity contribution in [2.75, 3.05) is 16.0 Å². The van der Waals surface area contributed by atoms with Crippen molar-refractivity contribution in [3.63, 3.8) is 0 Å². The van der Waals surface area contributed by atoms with Gasteiger partial charge in [-0.1, -0.05) is 12.1 Å². The molecule has 0 fully saturated rings. The van der Waals surface area contributed by atoms with Gasteiger partial charge in [0.15, 0.2) is 11.5 Å². The molecule has 38 heavy (non-hydrogen) atoms. The van der Waals surface area contributed by atoms with Gasteiger partial charge in [0.2, 0.25) is 5.95 Å². The van der Waals surface area contributed by atoms with Crippen molar-refractivity contribution in [2.24, 2.45) is 7.05 Å². The van der Waals surface area contributed by atoms with Crippen LogP contribution in [-0.2, 0) is 13.2 Å². The molecule has 9 nitrogen and oxygen atoms in total. The molecule has 3 aromatic heterocycles. The van der Waals surface area contributed by atoms with Crippen molar-refractivity contribution in [3.05, 3.63) is 89.9 Å². The second kappa shape index (κ2) is 9.81. The summed E-state index contributed by atoms with van der Waals surface area (Å²) in [5.74, 6) is 0.228. The number of fused-ring (bicyclic) bond motifs is 1. The third-order valence-corrected chi connectivity index (χ3v) is 5.70. The number of amides is 1. The minimum absolute atomic E-state index is 0.0986. The Kier molecular flexibility index (Phi) is 6.37. The monoisotopic (exact) mass is 518 g/mol. The number of benzene rings is 2. The molecule has 5 aromatic rings. The molecule has 192 valence electrons. The van der Waals surface area contributed by atoms with Gasteiger partial charge >= 0.3 is 6.18 Å². The third kappa shape index (κ3) is 5.24. The van der Waals surface area contributed by atoms with E-state index >= 15 is 0 Å². The van der Waals surface area contributed by atoms with Crippen molar-refractivity contribution in [2.45, 2.75) is 13.1 Å². The highest BCUT2D eigenvalue weighted by Crippen LogP contribution is 2.31. The Balaban J connectivity index is 1.37. The summed E-state index contributed by atoms with van der Waals surface area (Å²) in [6, 6.07) is 13.0. The van der Waals surface area contributed by atoms with E-state index in [1.807, 2.05) is 13.0 Å². The minimum atomic E-state index is -4.54. The van der Waals surface area contributed by atoms with Crippen LogP contribution in [0.1, 0.15) is 21.5 Å². The van der Waals surface area contributed by atoms with Gasteiger partial charge in [-0.2, -0.15) is 23.3 Å². The minimum Gasteiger partial charge on any atom is -0.338 e. The number of hydrogen-bond donors (Lipinski definition) is 3. The number of aryl methyl sites for hydroxylation is 2. The Hall–Kier alpha value is -5.00. The summed E-state index contributed by atoms with van der Waals surface area (Å²) in [4.78, 5) is 25.6. The molecule has 0 aliphatic carbocycles. The SMILES string of the molecule is Cc1ccc(NC(=O)c2cccc(C(F)(F)F)c2)cc1Nc1nn(C)c2nc(Nc3cccnc3)ncc12. The molecule has 0 spiro atoms. The summed E-state index contributed by atoms with van der Waals surface area (Å²) >= 11 is 0.